The fourth-order valence-electron chi connectivity index (χ4n) is 3.74. The van der Waals surface area contributed by atoms with E-state index in [1.807, 2.05) is 26.8 Å². The Balaban J connectivity index is 1.57. The molecule has 1 aromatic rings. The topological polar surface area (TPSA) is 126 Å². The van der Waals surface area contributed by atoms with E-state index < -0.39 is 23.2 Å². The quantitative estimate of drug-likeness (QED) is 0.409. The van der Waals surface area contributed by atoms with E-state index in [9.17, 15) is 14.0 Å². The van der Waals surface area contributed by atoms with E-state index >= 15 is 0 Å². The number of amides is 2. The summed E-state index contributed by atoms with van der Waals surface area (Å²) in [6, 6.07) is 5.93. The van der Waals surface area contributed by atoms with Gasteiger partial charge in [-0.1, -0.05) is 0 Å². The Morgan fingerprint density at radius 3 is 2.45 bits per heavy atom. The lowest BCUT2D eigenvalue weighted by Gasteiger charge is -2.38. The summed E-state index contributed by atoms with van der Waals surface area (Å²) in [6.07, 6.45) is 3.87. The number of halogens is 1. The SMILES string of the molecule is CC(C)(C)OC(=O)N1CCC(N(C(=O)C(=N)N=C[NH2+]c2ccc(C#N)cc2F)C2CC2)CC1. The molecule has 9 nitrogen and oxygen atoms in total. The minimum atomic E-state index is -0.574. The van der Waals surface area contributed by atoms with E-state index in [1.165, 1.54) is 23.8 Å². The number of ether oxygens (including phenoxy) is 1. The van der Waals surface area contributed by atoms with Crippen molar-refractivity contribution in [1.29, 1.82) is 10.7 Å². The molecule has 3 N–H and O–H groups in total. The fourth-order valence-corrected chi connectivity index (χ4v) is 3.74. The minimum Gasteiger partial charge on any atom is -0.444 e. The van der Waals surface area contributed by atoms with Gasteiger partial charge >= 0.3 is 6.09 Å². The van der Waals surface area contributed by atoms with Gasteiger partial charge in [0, 0.05) is 31.2 Å². The second-order valence-electron chi connectivity index (χ2n) is 9.28. The molecule has 1 aromatic carbocycles. The maximum atomic E-state index is 14.0. The summed E-state index contributed by atoms with van der Waals surface area (Å²) >= 11 is 0. The van der Waals surface area contributed by atoms with Crippen molar-refractivity contribution in [3.05, 3.63) is 29.6 Å². The first kappa shape index (κ1) is 24.3. The average Bonchev–Trinajstić information content (AvgIpc) is 3.59. The van der Waals surface area contributed by atoms with Crippen molar-refractivity contribution < 1.29 is 24.0 Å². The van der Waals surface area contributed by atoms with Crippen LogP contribution in [0, 0.1) is 22.6 Å². The van der Waals surface area contributed by atoms with Crippen LogP contribution in [0.1, 0.15) is 52.0 Å². The molecule has 1 aliphatic heterocycles. The van der Waals surface area contributed by atoms with Gasteiger partial charge in [0.05, 0.1) is 11.6 Å². The first-order chi connectivity index (χ1) is 15.6. The van der Waals surface area contributed by atoms with Crippen LogP contribution in [0.2, 0.25) is 0 Å². The van der Waals surface area contributed by atoms with Gasteiger partial charge in [0.2, 0.25) is 5.84 Å². The molecule has 0 unspecified atom stereocenters. The van der Waals surface area contributed by atoms with E-state index in [1.54, 1.807) is 9.80 Å². The van der Waals surface area contributed by atoms with Crippen LogP contribution in [0.4, 0.5) is 14.9 Å². The van der Waals surface area contributed by atoms with Crippen LogP contribution in [-0.2, 0) is 9.53 Å². The third-order valence-corrected chi connectivity index (χ3v) is 5.47. The van der Waals surface area contributed by atoms with E-state index in [0.717, 1.165) is 18.9 Å². The van der Waals surface area contributed by atoms with Crippen molar-refractivity contribution >= 4 is 29.9 Å². The summed E-state index contributed by atoms with van der Waals surface area (Å²) in [6.45, 7) is 6.44. The third kappa shape index (κ3) is 6.58. The Morgan fingerprint density at radius 2 is 1.91 bits per heavy atom. The molecule has 0 atom stereocenters. The van der Waals surface area contributed by atoms with E-state index in [4.69, 9.17) is 15.4 Å². The predicted molar refractivity (Wildman–Crippen MR) is 120 cm³/mol. The monoisotopic (exact) mass is 457 g/mol. The number of likely N-dealkylation sites (tertiary alicyclic amines) is 1. The zero-order valence-corrected chi connectivity index (χ0v) is 19.2. The highest BCUT2D eigenvalue weighted by molar-refractivity contribution is 6.37. The van der Waals surface area contributed by atoms with Gasteiger partial charge in [-0.3, -0.25) is 15.5 Å². The second kappa shape index (κ2) is 10.1. The van der Waals surface area contributed by atoms with Crippen molar-refractivity contribution in [2.75, 3.05) is 13.1 Å². The Morgan fingerprint density at radius 1 is 1.27 bits per heavy atom. The Labute approximate surface area is 192 Å². The maximum Gasteiger partial charge on any atom is 0.410 e. The lowest BCUT2D eigenvalue weighted by Crippen LogP contribution is -2.76. The normalized spacial score (nSPS) is 17.0. The molecule has 0 bridgehead atoms. The molecule has 2 amide bonds. The van der Waals surface area contributed by atoms with Gasteiger partial charge in [0.25, 0.3) is 5.91 Å². The van der Waals surface area contributed by atoms with E-state index in [0.29, 0.717) is 25.9 Å². The predicted octanol–water partition coefficient (Wildman–Crippen LogP) is 2.29. The number of aliphatic imine (C=N–C) groups is 1. The second-order valence-corrected chi connectivity index (χ2v) is 9.28. The highest BCUT2D eigenvalue weighted by Gasteiger charge is 2.40. The number of rotatable bonds is 4. The van der Waals surface area contributed by atoms with Crippen molar-refractivity contribution in [1.82, 2.24) is 9.80 Å². The average molecular weight is 458 g/mol. The smallest absolute Gasteiger partial charge is 0.410 e. The number of carbonyl (C=O) groups excluding carboxylic acids is 2. The van der Waals surface area contributed by atoms with Gasteiger partial charge in [-0.05, 0) is 58.6 Å². The number of benzene rings is 1. The number of hydrogen-bond acceptors (Lipinski definition) is 5. The van der Waals surface area contributed by atoms with Crippen molar-refractivity contribution in [2.45, 2.75) is 64.1 Å². The molecule has 3 rings (SSSR count). The van der Waals surface area contributed by atoms with Gasteiger partial charge < -0.3 is 14.5 Å². The van der Waals surface area contributed by atoms with Crippen LogP contribution in [0.3, 0.4) is 0 Å². The Kier molecular flexibility index (Phi) is 7.43. The number of nitriles is 1. The molecule has 2 aliphatic rings. The Bertz CT molecular complexity index is 985. The molecule has 176 valence electrons. The number of piperidine rings is 1. The standard InChI is InChI=1S/C23H29FN6O3/c1-23(2,3)33-22(32)29-10-8-17(9-11-29)30(16-5-6-16)21(31)20(26)28-14-27-19-7-4-15(13-25)12-18(19)24/h4,7,12,14,16-17H,5-6,8-11H2,1-3H3,(H2,26,27,28)/p+1. The molecule has 10 heteroatoms. The van der Waals surface area contributed by atoms with Crippen LogP contribution in [0.5, 0.6) is 0 Å². The van der Waals surface area contributed by atoms with E-state index in [-0.39, 0.29) is 29.4 Å². The molecule has 1 heterocycles. The van der Waals surface area contributed by atoms with Crippen LogP contribution >= 0.6 is 0 Å². The number of nitrogens with one attached hydrogen (secondary N) is 1. The summed E-state index contributed by atoms with van der Waals surface area (Å²) in [5.41, 5.74) is -0.136. The van der Waals surface area contributed by atoms with Gasteiger partial charge in [0.1, 0.15) is 5.60 Å². The Hall–Kier alpha value is -3.32. The van der Waals surface area contributed by atoms with Crippen LogP contribution in [-0.4, -0.2) is 64.7 Å². The van der Waals surface area contributed by atoms with Crippen LogP contribution in [0.25, 0.3) is 0 Å². The van der Waals surface area contributed by atoms with Crippen molar-refractivity contribution in [3.8, 4) is 6.07 Å². The van der Waals surface area contributed by atoms with Gasteiger partial charge in [-0.25, -0.2) is 9.18 Å². The lowest BCUT2D eigenvalue weighted by atomic mass is 10.0. The fraction of sp³-hybridized carbons (Fsp3) is 0.522. The van der Waals surface area contributed by atoms with Crippen molar-refractivity contribution in [2.24, 2.45) is 4.99 Å². The first-order valence-corrected chi connectivity index (χ1v) is 11.0. The molecule has 33 heavy (non-hydrogen) atoms. The van der Waals surface area contributed by atoms with E-state index in [2.05, 4.69) is 4.99 Å². The summed E-state index contributed by atoms with van der Waals surface area (Å²) < 4.78 is 19.4. The van der Waals surface area contributed by atoms with Gasteiger partial charge in [-0.15, -0.1) is 0 Å². The molecule has 1 aliphatic carbocycles. The zero-order valence-electron chi connectivity index (χ0n) is 19.2. The molecule has 2 fully saturated rings. The lowest BCUT2D eigenvalue weighted by molar-refractivity contribution is -0.435. The molecular weight excluding hydrogens is 427 g/mol. The molecule has 0 radical (unpaired) electrons. The number of hydrogen-bond donors (Lipinski definition) is 2. The molecular formula is C23H30FN6O3+. The van der Waals surface area contributed by atoms with Crippen LogP contribution < -0.4 is 5.32 Å². The molecule has 0 spiro atoms. The third-order valence-electron chi connectivity index (χ3n) is 5.47. The highest BCUT2D eigenvalue weighted by Crippen LogP contribution is 2.32. The first-order valence-electron chi connectivity index (χ1n) is 11.0. The minimum absolute atomic E-state index is 0.0702. The molecule has 0 aromatic heterocycles. The summed E-state index contributed by atoms with van der Waals surface area (Å²) in [5.74, 6) is -1.45. The maximum absolute atomic E-state index is 14.0. The molecule has 1 saturated heterocycles. The number of quaternary nitrogens is 1. The summed E-state index contributed by atoms with van der Waals surface area (Å²) in [4.78, 5) is 32.6. The number of nitrogens with zero attached hydrogens (tertiary/aromatic N) is 4. The number of amidine groups is 1. The summed E-state index contributed by atoms with van der Waals surface area (Å²) in [5, 5.41) is 18.3. The summed E-state index contributed by atoms with van der Waals surface area (Å²) in [7, 11) is 0. The van der Waals surface area contributed by atoms with Crippen LogP contribution in [0.15, 0.2) is 23.2 Å². The van der Waals surface area contributed by atoms with Gasteiger partial charge in [0.15, 0.2) is 17.8 Å². The molecule has 1 saturated carbocycles. The highest BCUT2D eigenvalue weighted by atomic mass is 19.1. The number of carbonyl (C=O) groups is 2. The van der Waals surface area contributed by atoms with Gasteiger partial charge in [-0.2, -0.15) is 10.3 Å². The van der Waals surface area contributed by atoms with Crippen molar-refractivity contribution in [3.63, 3.8) is 0 Å². The largest absolute Gasteiger partial charge is 0.444 e. The number of nitrogens with two attached hydrogens (primary N) is 1. The zero-order chi connectivity index (χ0) is 24.2.